The van der Waals surface area contributed by atoms with E-state index in [0.717, 1.165) is 24.0 Å². The fourth-order valence-electron chi connectivity index (χ4n) is 2.06. The summed E-state index contributed by atoms with van der Waals surface area (Å²) in [6.45, 7) is 6.14. The monoisotopic (exact) mass is 261 g/mol. The molecule has 19 heavy (non-hydrogen) atoms. The lowest BCUT2D eigenvalue weighted by atomic mass is 10.1. The molecule has 0 aliphatic rings. The van der Waals surface area contributed by atoms with Crippen molar-refractivity contribution in [2.45, 2.75) is 33.7 Å². The molecular weight excluding hydrogens is 245 g/mol. The van der Waals surface area contributed by atoms with Crippen LogP contribution in [0.15, 0.2) is 12.3 Å². The van der Waals surface area contributed by atoms with Gasteiger partial charge in [-0.2, -0.15) is 5.10 Å². The van der Waals surface area contributed by atoms with Gasteiger partial charge in [0.25, 0.3) is 0 Å². The molecule has 4 nitrogen and oxygen atoms in total. The van der Waals surface area contributed by atoms with Gasteiger partial charge >= 0.3 is 0 Å². The second-order valence-electron chi connectivity index (χ2n) is 4.49. The number of carbonyl (C=O) groups is 1. The maximum absolute atomic E-state index is 13.6. The van der Waals surface area contributed by atoms with E-state index in [4.69, 9.17) is 0 Å². The first-order valence-corrected chi connectivity index (χ1v) is 6.23. The van der Waals surface area contributed by atoms with E-state index >= 15 is 0 Å². The standard InChI is InChI=1S/C14H16FN3O/c1-4-5-18-14(9(2)13(8-19)17-18)11-6-12(15)10(3)16-7-11/h6-8H,4-5H2,1-3H3. The molecule has 2 aromatic heterocycles. The zero-order chi connectivity index (χ0) is 14.0. The van der Waals surface area contributed by atoms with Gasteiger partial charge in [-0.05, 0) is 26.3 Å². The molecule has 0 atom stereocenters. The van der Waals surface area contributed by atoms with Crippen molar-refractivity contribution in [2.24, 2.45) is 0 Å². The van der Waals surface area contributed by atoms with Gasteiger partial charge in [0.15, 0.2) is 6.29 Å². The zero-order valence-electron chi connectivity index (χ0n) is 11.3. The van der Waals surface area contributed by atoms with Gasteiger partial charge in [-0.15, -0.1) is 0 Å². The number of halogens is 1. The fourth-order valence-corrected chi connectivity index (χ4v) is 2.06. The van der Waals surface area contributed by atoms with Crippen LogP contribution < -0.4 is 0 Å². The van der Waals surface area contributed by atoms with Crippen molar-refractivity contribution in [3.63, 3.8) is 0 Å². The summed E-state index contributed by atoms with van der Waals surface area (Å²) in [6, 6.07) is 1.44. The Kier molecular flexibility index (Phi) is 3.74. The Bertz CT molecular complexity index is 619. The quantitative estimate of drug-likeness (QED) is 0.795. The minimum atomic E-state index is -0.353. The second kappa shape index (κ2) is 5.30. The van der Waals surface area contributed by atoms with E-state index in [9.17, 15) is 9.18 Å². The zero-order valence-corrected chi connectivity index (χ0v) is 11.3. The molecular formula is C14H16FN3O. The van der Waals surface area contributed by atoms with E-state index in [1.54, 1.807) is 17.8 Å². The van der Waals surface area contributed by atoms with Gasteiger partial charge in [0.2, 0.25) is 0 Å². The average molecular weight is 261 g/mol. The van der Waals surface area contributed by atoms with Crippen LogP contribution in [-0.4, -0.2) is 21.1 Å². The number of nitrogens with zero attached hydrogens (tertiary/aromatic N) is 3. The Balaban J connectivity index is 2.61. The van der Waals surface area contributed by atoms with Crippen LogP contribution in [0.3, 0.4) is 0 Å². The molecule has 0 bridgehead atoms. The first-order chi connectivity index (χ1) is 9.08. The predicted molar refractivity (Wildman–Crippen MR) is 70.6 cm³/mol. The Labute approximate surface area is 111 Å². The summed E-state index contributed by atoms with van der Waals surface area (Å²) in [4.78, 5) is 15.0. The maximum atomic E-state index is 13.6. The van der Waals surface area contributed by atoms with Crippen LogP contribution in [0, 0.1) is 19.7 Å². The summed E-state index contributed by atoms with van der Waals surface area (Å²) in [7, 11) is 0. The Morgan fingerprint density at radius 1 is 1.42 bits per heavy atom. The highest BCUT2D eigenvalue weighted by molar-refractivity contribution is 5.79. The largest absolute Gasteiger partial charge is 0.296 e. The Morgan fingerprint density at radius 3 is 2.74 bits per heavy atom. The maximum Gasteiger partial charge on any atom is 0.170 e. The molecule has 0 amide bonds. The third-order valence-corrected chi connectivity index (χ3v) is 3.07. The summed E-state index contributed by atoms with van der Waals surface area (Å²) in [5, 5.41) is 4.24. The van der Waals surface area contributed by atoms with Gasteiger partial charge in [0.1, 0.15) is 11.5 Å². The number of aryl methyl sites for hydroxylation is 2. The van der Waals surface area contributed by atoms with Crippen LogP contribution in [0.2, 0.25) is 0 Å². The van der Waals surface area contributed by atoms with Crippen molar-refractivity contribution in [3.05, 3.63) is 35.0 Å². The molecule has 0 aromatic carbocycles. The van der Waals surface area contributed by atoms with Gasteiger partial charge < -0.3 is 0 Å². The third-order valence-electron chi connectivity index (χ3n) is 3.07. The molecule has 0 aliphatic carbocycles. The average Bonchev–Trinajstić information content (AvgIpc) is 2.70. The topological polar surface area (TPSA) is 47.8 Å². The molecule has 0 spiro atoms. The molecule has 100 valence electrons. The van der Waals surface area contributed by atoms with Crippen LogP contribution in [0.5, 0.6) is 0 Å². The second-order valence-corrected chi connectivity index (χ2v) is 4.49. The van der Waals surface area contributed by atoms with E-state index in [1.807, 2.05) is 13.8 Å². The normalized spacial score (nSPS) is 10.7. The molecule has 2 rings (SSSR count). The lowest BCUT2D eigenvalue weighted by Gasteiger charge is -2.08. The fraction of sp³-hybridized carbons (Fsp3) is 0.357. The predicted octanol–water partition coefficient (Wildman–Crippen LogP) is 2.92. The first-order valence-electron chi connectivity index (χ1n) is 6.23. The van der Waals surface area contributed by atoms with E-state index < -0.39 is 0 Å². The highest BCUT2D eigenvalue weighted by Gasteiger charge is 2.16. The molecule has 0 aliphatic heterocycles. The summed E-state index contributed by atoms with van der Waals surface area (Å²) in [6.07, 6.45) is 3.22. The number of aromatic nitrogens is 3. The van der Waals surface area contributed by atoms with Crippen molar-refractivity contribution in [3.8, 4) is 11.3 Å². The van der Waals surface area contributed by atoms with Crippen molar-refractivity contribution >= 4 is 6.29 Å². The van der Waals surface area contributed by atoms with Gasteiger partial charge in [-0.1, -0.05) is 6.92 Å². The van der Waals surface area contributed by atoms with Crippen molar-refractivity contribution in [1.82, 2.24) is 14.8 Å². The van der Waals surface area contributed by atoms with Crippen LogP contribution >= 0.6 is 0 Å². The number of hydrogen-bond acceptors (Lipinski definition) is 3. The molecule has 0 saturated carbocycles. The van der Waals surface area contributed by atoms with Gasteiger partial charge in [-0.3, -0.25) is 14.5 Å². The SMILES string of the molecule is CCCn1nc(C=O)c(C)c1-c1cnc(C)c(F)c1. The lowest BCUT2D eigenvalue weighted by molar-refractivity contribution is 0.111. The summed E-state index contributed by atoms with van der Waals surface area (Å²) < 4.78 is 15.4. The number of aldehydes is 1. The van der Waals surface area contributed by atoms with Gasteiger partial charge in [-0.25, -0.2) is 4.39 Å². The van der Waals surface area contributed by atoms with E-state index in [-0.39, 0.29) is 5.82 Å². The van der Waals surface area contributed by atoms with Gasteiger partial charge in [0, 0.05) is 23.9 Å². The molecule has 0 radical (unpaired) electrons. The Hall–Kier alpha value is -2.04. The minimum absolute atomic E-state index is 0.353. The van der Waals surface area contributed by atoms with Crippen molar-refractivity contribution in [2.75, 3.05) is 0 Å². The van der Waals surface area contributed by atoms with Gasteiger partial charge in [0.05, 0.1) is 11.4 Å². The molecule has 0 fully saturated rings. The summed E-state index contributed by atoms with van der Waals surface area (Å²) >= 11 is 0. The molecule has 0 N–H and O–H groups in total. The van der Waals surface area contributed by atoms with Crippen LogP contribution in [-0.2, 0) is 6.54 Å². The number of carbonyl (C=O) groups excluding carboxylic acids is 1. The highest BCUT2D eigenvalue weighted by Crippen LogP contribution is 2.26. The smallest absolute Gasteiger partial charge is 0.170 e. The Morgan fingerprint density at radius 2 is 2.16 bits per heavy atom. The third kappa shape index (κ3) is 2.41. The van der Waals surface area contributed by atoms with Crippen molar-refractivity contribution in [1.29, 1.82) is 0 Å². The molecule has 0 unspecified atom stereocenters. The summed E-state index contributed by atoms with van der Waals surface area (Å²) in [5.74, 6) is -0.353. The van der Waals surface area contributed by atoms with Crippen LogP contribution in [0.1, 0.15) is 35.1 Å². The molecule has 5 heteroatoms. The lowest BCUT2D eigenvalue weighted by Crippen LogP contribution is -2.03. The number of hydrogen-bond donors (Lipinski definition) is 0. The molecule has 2 heterocycles. The molecule has 2 aromatic rings. The van der Waals surface area contributed by atoms with Crippen LogP contribution in [0.25, 0.3) is 11.3 Å². The minimum Gasteiger partial charge on any atom is -0.296 e. The van der Waals surface area contributed by atoms with E-state index in [2.05, 4.69) is 10.1 Å². The van der Waals surface area contributed by atoms with E-state index in [0.29, 0.717) is 23.5 Å². The molecule has 0 saturated heterocycles. The van der Waals surface area contributed by atoms with Crippen molar-refractivity contribution < 1.29 is 9.18 Å². The number of rotatable bonds is 4. The van der Waals surface area contributed by atoms with E-state index in [1.165, 1.54) is 6.07 Å². The first kappa shape index (κ1) is 13.4. The van der Waals surface area contributed by atoms with Crippen LogP contribution in [0.4, 0.5) is 4.39 Å². The highest BCUT2D eigenvalue weighted by atomic mass is 19.1. The number of pyridine rings is 1. The summed E-state index contributed by atoms with van der Waals surface area (Å²) in [5.41, 5.74) is 2.92.